The van der Waals surface area contributed by atoms with Gasteiger partial charge in [-0.2, -0.15) is 0 Å². The Morgan fingerprint density at radius 3 is 2.33 bits per heavy atom. The zero-order valence-corrected chi connectivity index (χ0v) is 28.0. The normalized spacial score (nSPS) is 48.2. The van der Waals surface area contributed by atoms with Gasteiger partial charge in [0.2, 0.25) is 0 Å². The van der Waals surface area contributed by atoms with E-state index in [0.29, 0.717) is 25.7 Å². The molecule has 0 aromatic carbocycles. The molecule has 0 radical (unpaired) electrons. The number of ketones is 1. The molecule has 0 aromatic rings. The maximum absolute atomic E-state index is 13.9. The van der Waals surface area contributed by atoms with Crippen molar-refractivity contribution in [1.82, 2.24) is 0 Å². The zero-order chi connectivity index (χ0) is 31.6. The summed E-state index contributed by atoms with van der Waals surface area (Å²) < 4.78 is 31.5. The van der Waals surface area contributed by atoms with Gasteiger partial charge in [-0.3, -0.25) is 9.59 Å². The summed E-state index contributed by atoms with van der Waals surface area (Å²) in [7, 11) is 0. The minimum absolute atomic E-state index is 0.0131. The Kier molecular flexibility index (Phi) is 7.07. The highest BCUT2D eigenvalue weighted by Crippen LogP contribution is 2.70. The largest absolute Gasteiger partial charge is 0.460 e. The lowest BCUT2D eigenvalue weighted by Crippen LogP contribution is -2.62. The van der Waals surface area contributed by atoms with E-state index in [1.807, 2.05) is 47.6 Å². The van der Waals surface area contributed by atoms with Crippen LogP contribution in [0.25, 0.3) is 0 Å². The number of fused-ring (bicyclic) bond motifs is 6. The number of hydrogen-bond donors (Lipinski definition) is 1. The number of hydrogen-bond acceptors (Lipinski definition) is 8. The summed E-state index contributed by atoms with van der Waals surface area (Å²) in [5.41, 5.74) is -2.24. The lowest BCUT2D eigenvalue weighted by atomic mass is 9.45. The number of aliphatic hydroxyl groups is 1. The highest BCUT2D eigenvalue weighted by molar-refractivity contribution is 5.95. The van der Waals surface area contributed by atoms with Crippen molar-refractivity contribution in [1.29, 1.82) is 0 Å². The van der Waals surface area contributed by atoms with Gasteiger partial charge in [-0.25, -0.2) is 0 Å². The summed E-state index contributed by atoms with van der Waals surface area (Å²) in [6.45, 7) is 19.8. The van der Waals surface area contributed by atoms with E-state index in [9.17, 15) is 14.7 Å². The fraction of sp³-hybridized carbons (Fsp3) is 0.886. The zero-order valence-electron chi connectivity index (χ0n) is 28.0. The van der Waals surface area contributed by atoms with Gasteiger partial charge in [0.25, 0.3) is 0 Å². The number of esters is 1. The second-order valence-corrected chi connectivity index (χ2v) is 16.9. The Morgan fingerprint density at radius 2 is 1.65 bits per heavy atom. The quantitative estimate of drug-likeness (QED) is 0.381. The number of ether oxygens (including phenoxy) is 5. The first-order valence-electron chi connectivity index (χ1n) is 16.6. The van der Waals surface area contributed by atoms with Gasteiger partial charge >= 0.3 is 5.97 Å². The predicted octanol–water partition coefficient (Wildman–Crippen LogP) is 6.02. The lowest BCUT2D eigenvalue weighted by molar-refractivity contribution is -0.190. The van der Waals surface area contributed by atoms with Crippen molar-refractivity contribution in [2.45, 2.75) is 167 Å². The van der Waals surface area contributed by atoms with Crippen molar-refractivity contribution in [2.24, 2.45) is 28.6 Å². The van der Waals surface area contributed by atoms with E-state index >= 15 is 0 Å². The molecule has 2 saturated heterocycles. The van der Waals surface area contributed by atoms with Gasteiger partial charge in [-0.15, -0.1) is 0 Å². The van der Waals surface area contributed by atoms with Crippen molar-refractivity contribution in [3.8, 4) is 0 Å². The van der Waals surface area contributed by atoms with Crippen LogP contribution in [0.2, 0.25) is 0 Å². The molecule has 6 rings (SSSR count). The van der Waals surface area contributed by atoms with E-state index in [4.69, 9.17) is 23.7 Å². The van der Waals surface area contributed by atoms with Gasteiger partial charge in [0, 0.05) is 18.3 Å². The maximum atomic E-state index is 13.9. The topological polar surface area (TPSA) is 101 Å². The molecule has 10 atom stereocenters. The van der Waals surface area contributed by atoms with E-state index in [2.05, 4.69) is 20.8 Å². The SMILES string of the molecule is CC(=O)OC(C)(C)CCC1OC(C)(C)O[C@]1(C)C1CC[C@@]2(O)C3=CC(=O)[C@@H]4C[C@H]5OC(C)(C)O[C@H]5C[C@]4(C)C3CC[C@]12C. The average Bonchev–Trinajstić information content (AvgIpc) is 3.39. The van der Waals surface area contributed by atoms with Crippen molar-refractivity contribution in [3.63, 3.8) is 0 Å². The molecule has 0 aromatic heterocycles. The smallest absolute Gasteiger partial charge is 0.303 e. The Morgan fingerprint density at radius 1 is 0.977 bits per heavy atom. The molecule has 5 fully saturated rings. The Balaban J connectivity index is 1.30. The summed E-state index contributed by atoms with van der Waals surface area (Å²) in [6.07, 6.45) is 7.34. The molecule has 0 amide bonds. The monoisotopic (exact) mass is 602 g/mol. The summed E-state index contributed by atoms with van der Waals surface area (Å²) in [6, 6.07) is 0. The summed E-state index contributed by atoms with van der Waals surface area (Å²) in [5.74, 6) is -1.59. The minimum atomic E-state index is -1.10. The lowest BCUT2D eigenvalue weighted by Gasteiger charge is -2.60. The van der Waals surface area contributed by atoms with Crippen molar-refractivity contribution in [3.05, 3.63) is 11.6 Å². The molecule has 242 valence electrons. The van der Waals surface area contributed by atoms with E-state index in [0.717, 1.165) is 31.3 Å². The third kappa shape index (κ3) is 4.79. The number of allylic oxidation sites excluding steroid dienone is 1. The average molecular weight is 603 g/mol. The molecular weight excluding hydrogens is 548 g/mol. The van der Waals surface area contributed by atoms with Crippen LogP contribution < -0.4 is 0 Å². The first kappa shape index (κ1) is 31.7. The van der Waals surface area contributed by atoms with Crippen LogP contribution in [0.4, 0.5) is 0 Å². The molecule has 4 aliphatic carbocycles. The van der Waals surface area contributed by atoms with E-state index in [1.54, 1.807) is 0 Å². The molecule has 43 heavy (non-hydrogen) atoms. The maximum Gasteiger partial charge on any atom is 0.303 e. The molecule has 0 bridgehead atoms. The minimum Gasteiger partial charge on any atom is -0.460 e. The van der Waals surface area contributed by atoms with Crippen LogP contribution in [0.1, 0.15) is 121 Å². The molecule has 0 spiro atoms. The first-order chi connectivity index (χ1) is 19.6. The Labute approximate surface area is 257 Å². The van der Waals surface area contributed by atoms with Crippen LogP contribution in [-0.2, 0) is 33.3 Å². The fourth-order valence-corrected chi connectivity index (χ4v) is 10.9. The fourth-order valence-electron chi connectivity index (χ4n) is 10.9. The van der Waals surface area contributed by atoms with Crippen LogP contribution in [0, 0.1) is 28.6 Å². The van der Waals surface area contributed by atoms with E-state index in [1.165, 1.54) is 6.92 Å². The Hall–Kier alpha value is -1.32. The van der Waals surface area contributed by atoms with Crippen molar-refractivity contribution in [2.75, 3.05) is 0 Å². The summed E-state index contributed by atoms with van der Waals surface area (Å²) in [4.78, 5) is 25.6. The molecule has 8 heteroatoms. The van der Waals surface area contributed by atoms with E-state index in [-0.39, 0.29) is 53.2 Å². The molecule has 3 saturated carbocycles. The van der Waals surface area contributed by atoms with Crippen LogP contribution >= 0.6 is 0 Å². The molecule has 1 N–H and O–H groups in total. The second kappa shape index (κ2) is 9.60. The third-order valence-electron chi connectivity index (χ3n) is 12.6. The number of carbonyl (C=O) groups excluding carboxylic acids is 2. The van der Waals surface area contributed by atoms with Crippen LogP contribution in [0.5, 0.6) is 0 Å². The molecule has 2 aliphatic heterocycles. The van der Waals surface area contributed by atoms with Gasteiger partial charge in [-0.05, 0) is 129 Å². The van der Waals surface area contributed by atoms with Crippen LogP contribution in [0.15, 0.2) is 11.6 Å². The second-order valence-electron chi connectivity index (χ2n) is 16.9. The highest BCUT2D eigenvalue weighted by Gasteiger charge is 2.71. The summed E-state index contributed by atoms with van der Waals surface area (Å²) >= 11 is 0. The highest BCUT2D eigenvalue weighted by atomic mass is 16.8. The van der Waals surface area contributed by atoms with Crippen molar-refractivity contribution < 1.29 is 38.4 Å². The van der Waals surface area contributed by atoms with Gasteiger partial charge in [-0.1, -0.05) is 13.8 Å². The van der Waals surface area contributed by atoms with Gasteiger partial charge < -0.3 is 28.8 Å². The van der Waals surface area contributed by atoms with Gasteiger partial charge in [0.05, 0.1) is 29.5 Å². The molecule has 2 heterocycles. The van der Waals surface area contributed by atoms with E-state index < -0.39 is 33.8 Å². The van der Waals surface area contributed by atoms with Crippen LogP contribution in [0.3, 0.4) is 0 Å². The first-order valence-corrected chi connectivity index (χ1v) is 16.6. The molecular formula is C35H54O8. The predicted molar refractivity (Wildman–Crippen MR) is 160 cm³/mol. The summed E-state index contributed by atoms with van der Waals surface area (Å²) in [5, 5.41) is 12.8. The van der Waals surface area contributed by atoms with Gasteiger partial charge in [0.15, 0.2) is 17.4 Å². The third-order valence-corrected chi connectivity index (χ3v) is 12.6. The number of rotatable bonds is 5. The standard InChI is InChI=1S/C35H54O8/c1-20(36)39-29(2,3)14-13-28-34(10,43-31(6,7)42-28)27-12-16-35(38)22-17-24(37)23-18-25-26(41-30(4,5)40-25)19-32(23,8)21(22)11-15-33(27,35)9/h17,21,23,25-28,38H,11-16,18-19H2,1-10H3/t21?,23-,25+,26-,27?,28?,32+,33+,34+,35+/m0/s1. The van der Waals surface area contributed by atoms with Gasteiger partial charge in [0.1, 0.15) is 5.60 Å². The van der Waals surface area contributed by atoms with Crippen molar-refractivity contribution >= 4 is 11.8 Å². The number of carbonyl (C=O) groups is 2. The molecule has 3 unspecified atom stereocenters. The Bertz CT molecular complexity index is 1220. The van der Waals surface area contributed by atoms with Crippen LogP contribution in [-0.4, -0.2) is 63.5 Å². The molecule has 6 aliphatic rings. The molecule has 8 nitrogen and oxygen atoms in total.